The molecular weight excluding hydrogens is 601 g/mol. The van der Waals surface area contributed by atoms with E-state index >= 15 is 0 Å². The molecule has 7 nitrogen and oxygen atoms in total. The van der Waals surface area contributed by atoms with Gasteiger partial charge in [-0.1, -0.05) is 62.4 Å². The molecule has 0 unspecified atom stereocenters. The van der Waals surface area contributed by atoms with Gasteiger partial charge >= 0.3 is 0 Å². The van der Waals surface area contributed by atoms with E-state index in [1.54, 1.807) is 42.5 Å². The normalized spacial score (nSPS) is 12.0. The number of halogens is 1. The number of hydrogen-bond acceptors (Lipinski definition) is 4. The predicted octanol–water partition coefficient (Wildman–Crippen LogP) is 4.82. The van der Waals surface area contributed by atoms with Crippen LogP contribution in [0.1, 0.15) is 32.3 Å². The largest absolute Gasteiger partial charge is 0.354 e. The van der Waals surface area contributed by atoms with Crippen molar-refractivity contribution < 1.29 is 18.0 Å². The van der Waals surface area contributed by atoms with Crippen molar-refractivity contribution in [1.82, 2.24) is 10.2 Å². The van der Waals surface area contributed by atoms with Crippen LogP contribution in [0.5, 0.6) is 0 Å². The minimum atomic E-state index is -4.05. The Morgan fingerprint density at radius 2 is 1.49 bits per heavy atom. The zero-order valence-electron chi connectivity index (χ0n) is 21.0. The maximum atomic E-state index is 13.9. The van der Waals surface area contributed by atoms with E-state index in [-0.39, 0.29) is 17.3 Å². The number of hydrogen-bond donors (Lipinski definition) is 1. The minimum Gasteiger partial charge on any atom is -0.354 e. The van der Waals surface area contributed by atoms with E-state index in [0.717, 1.165) is 19.9 Å². The summed E-state index contributed by atoms with van der Waals surface area (Å²) in [5.74, 6) is -0.708. The third-order valence-corrected chi connectivity index (χ3v) is 8.36. The topological polar surface area (TPSA) is 86.8 Å². The fraction of sp³-hybridized carbons (Fsp3) is 0.286. The summed E-state index contributed by atoms with van der Waals surface area (Å²) in [4.78, 5) is 28.5. The molecule has 0 aromatic heterocycles. The molecule has 0 aliphatic heterocycles. The Morgan fingerprint density at radius 1 is 0.892 bits per heavy atom. The number of carbonyl (C=O) groups excluding carboxylic acids is 2. The Bertz CT molecular complexity index is 1270. The van der Waals surface area contributed by atoms with Gasteiger partial charge in [0.25, 0.3) is 10.0 Å². The molecule has 0 aliphatic rings. The van der Waals surface area contributed by atoms with Gasteiger partial charge < -0.3 is 10.2 Å². The predicted molar refractivity (Wildman–Crippen MR) is 155 cm³/mol. The molecule has 0 heterocycles. The van der Waals surface area contributed by atoms with Crippen molar-refractivity contribution in [3.8, 4) is 0 Å². The van der Waals surface area contributed by atoms with Gasteiger partial charge in [-0.15, -0.1) is 0 Å². The van der Waals surface area contributed by atoms with Crippen LogP contribution in [0.2, 0.25) is 0 Å². The highest BCUT2D eigenvalue weighted by atomic mass is 127. The minimum absolute atomic E-state index is 0.0867. The summed E-state index contributed by atoms with van der Waals surface area (Å²) in [5.41, 5.74) is 1.23. The van der Waals surface area contributed by atoms with Crippen molar-refractivity contribution in [3.05, 3.63) is 94.1 Å². The van der Waals surface area contributed by atoms with E-state index in [2.05, 4.69) is 27.9 Å². The Hall–Kier alpha value is -2.92. The van der Waals surface area contributed by atoms with Crippen LogP contribution >= 0.6 is 22.6 Å². The Labute approximate surface area is 233 Å². The maximum absolute atomic E-state index is 13.9. The van der Waals surface area contributed by atoms with Gasteiger partial charge in [0.2, 0.25) is 11.8 Å². The van der Waals surface area contributed by atoms with Crippen LogP contribution in [-0.4, -0.2) is 44.3 Å². The van der Waals surface area contributed by atoms with Crippen LogP contribution in [0.15, 0.2) is 89.8 Å². The van der Waals surface area contributed by atoms with Gasteiger partial charge in [-0.2, -0.15) is 0 Å². The van der Waals surface area contributed by atoms with Gasteiger partial charge in [-0.05, 0) is 77.4 Å². The zero-order chi connectivity index (χ0) is 26.8. The maximum Gasteiger partial charge on any atom is 0.264 e. The van der Waals surface area contributed by atoms with E-state index in [1.807, 2.05) is 44.2 Å². The summed E-state index contributed by atoms with van der Waals surface area (Å²) in [6.07, 6.45) is 1.16. The van der Waals surface area contributed by atoms with Crippen molar-refractivity contribution in [2.45, 2.75) is 44.2 Å². The van der Waals surface area contributed by atoms with Crippen molar-refractivity contribution in [2.24, 2.45) is 0 Å². The number of anilines is 1. The van der Waals surface area contributed by atoms with Crippen LogP contribution in [-0.2, 0) is 26.2 Å². The highest BCUT2D eigenvalue weighted by Gasteiger charge is 2.33. The molecule has 1 atom stereocenters. The lowest BCUT2D eigenvalue weighted by Gasteiger charge is -2.33. The molecule has 0 radical (unpaired) electrons. The third-order valence-electron chi connectivity index (χ3n) is 5.86. The lowest BCUT2D eigenvalue weighted by molar-refractivity contribution is -0.140. The first-order valence-corrected chi connectivity index (χ1v) is 14.7. The van der Waals surface area contributed by atoms with E-state index in [4.69, 9.17) is 0 Å². The van der Waals surface area contributed by atoms with E-state index in [9.17, 15) is 18.0 Å². The lowest BCUT2D eigenvalue weighted by atomic mass is 10.1. The number of carbonyl (C=O) groups is 2. The molecule has 3 aromatic carbocycles. The smallest absolute Gasteiger partial charge is 0.264 e. The fourth-order valence-corrected chi connectivity index (χ4v) is 5.72. The second kappa shape index (κ2) is 13.6. The molecule has 2 amide bonds. The molecule has 0 saturated heterocycles. The molecule has 37 heavy (non-hydrogen) atoms. The molecule has 0 saturated carbocycles. The number of benzene rings is 3. The van der Waals surface area contributed by atoms with Crippen LogP contribution in [0.25, 0.3) is 0 Å². The molecule has 0 aliphatic carbocycles. The molecule has 0 spiro atoms. The zero-order valence-corrected chi connectivity index (χ0v) is 24.0. The molecule has 3 rings (SSSR count). The van der Waals surface area contributed by atoms with Crippen LogP contribution in [0.4, 0.5) is 5.69 Å². The highest BCUT2D eigenvalue weighted by molar-refractivity contribution is 14.1. The molecule has 1 N–H and O–H groups in total. The lowest BCUT2D eigenvalue weighted by Crippen LogP contribution is -2.52. The first kappa shape index (κ1) is 28.6. The summed E-state index contributed by atoms with van der Waals surface area (Å²) in [7, 11) is -4.05. The Kier molecular flexibility index (Phi) is 10.5. The monoisotopic (exact) mass is 633 g/mol. The van der Waals surface area contributed by atoms with Crippen LogP contribution < -0.4 is 9.62 Å². The quantitative estimate of drug-likeness (QED) is 0.290. The summed E-state index contributed by atoms with van der Waals surface area (Å²) in [6, 6.07) is 23.6. The summed E-state index contributed by atoms with van der Waals surface area (Å²) in [5, 5.41) is 2.89. The van der Waals surface area contributed by atoms with Crippen molar-refractivity contribution in [3.63, 3.8) is 0 Å². The van der Waals surface area contributed by atoms with Gasteiger partial charge in [0.05, 0.1) is 10.6 Å². The molecule has 3 aromatic rings. The molecule has 0 bridgehead atoms. The molecule has 0 fully saturated rings. The summed E-state index contributed by atoms with van der Waals surface area (Å²) >= 11 is 2.14. The molecule has 196 valence electrons. The van der Waals surface area contributed by atoms with Crippen molar-refractivity contribution >= 4 is 50.1 Å². The van der Waals surface area contributed by atoms with Crippen LogP contribution in [0.3, 0.4) is 0 Å². The van der Waals surface area contributed by atoms with Gasteiger partial charge in [-0.3, -0.25) is 13.9 Å². The number of nitrogens with one attached hydrogen (secondary N) is 1. The summed E-state index contributed by atoms with van der Waals surface area (Å²) < 4.78 is 29.5. The first-order valence-electron chi connectivity index (χ1n) is 12.2. The first-order chi connectivity index (χ1) is 17.8. The second-order valence-corrected chi connectivity index (χ2v) is 11.6. The third kappa shape index (κ3) is 7.54. The van der Waals surface area contributed by atoms with E-state index in [1.165, 1.54) is 17.0 Å². The van der Waals surface area contributed by atoms with E-state index in [0.29, 0.717) is 18.7 Å². The fourth-order valence-electron chi connectivity index (χ4n) is 3.92. The average molecular weight is 634 g/mol. The van der Waals surface area contributed by atoms with E-state index < -0.39 is 28.5 Å². The Balaban J connectivity index is 2.02. The number of rotatable bonds is 12. The second-order valence-electron chi connectivity index (χ2n) is 8.52. The molecular formula is C28H32IN3O4S. The number of amides is 2. The molecule has 9 heteroatoms. The van der Waals surface area contributed by atoms with Gasteiger partial charge in [0.1, 0.15) is 12.6 Å². The standard InChI is InChI=1S/C28H32IN3O4S/c1-3-19-30-28(34)26(4-2)31(20-22-11-7-5-8-12-22)27(33)21-32(24-17-15-23(29)16-18-24)37(35,36)25-13-9-6-10-14-25/h5-18,26H,3-4,19-21H2,1-2H3,(H,30,34)/t26-/m1/s1. The van der Waals surface area contributed by atoms with Gasteiger partial charge in [-0.25, -0.2) is 8.42 Å². The SMILES string of the molecule is CCCNC(=O)[C@@H](CC)N(Cc1ccccc1)C(=O)CN(c1ccc(I)cc1)S(=O)(=O)c1ccccc1. The highest BCUT2D eigenvalue weighted by Crippen LogP contribution is 2.25. The number of nitrogens with zero attached hydrogens (tertiary/aromatic N) is 2. The van der Waals surface area contributed by atoms with Gasteiger partial charge in [0, 0.05) is 16.7 Å². The number of sulfonamides is 1. The van der Waals surface area contributed by atoms with Gasteiger partial charge in [0.15, 0.2) is 0 Å². The Morgan fingerprint density at radius 3 is 2.05 bits per heavy atom. The van der Waals surface area contributed by atoms with Crippen LogP contribution in [0, 0.1) is 3.57 Å². The summed E-state index contributed by atoms with van der Waals surface area (Å²) in [6.45, 7) is 4.05. The average Bonchev–Trinajstić information content (AvgIpc) is 2.92. The van der Waals surface area contributed by atoms with Crippen molar-refractivity contribution in [2.75, 3.05) is 17.4 Å². The van der Waals surface area contributed by atoms with Crippen molar-refractivity contribution in [1.29, 1.82) is 0 Å².